The molecule has 1 unspecified atom stereocenters. The SMILES string of the molecule is CC(C(N)=S)N(C)S(=O)(=O)c1ncccc1F. The topological polar surface area (TPSA) is 76.3 Å². The number of hydrogen-bond acceptors (Lipinski definition) is 4. The zero-order chi connectivity index (χ0) is 13.2. The van der Waals surface area contributed by atoms with Gasteiger partial charge in [-0.2, -0.15) is 4.31 Å². The number of halogens is 1. The van der Waals surface area contributed by atoms with Gasteiger partial charge in [-0.25, -0.2) is 17.8 Å². The molecule has 1 aromatic heterocycles. The number of hydrogen-bond donors (Lipinski definition) is 1. The summed E-state index contributed by atoms with van der Waals surface area (Å²) in [4.78, 5) is 3.53. The van der Waals surface area contributed by atoms with Crippen LogP contribution < -0.4 is 5.73 Å². The van der Waals surface area contributed by atoms with Gasteiger partial charge in [0.25, 0.3) is 10.0 Å². The molecule has 17 heavy (non-hydrogen) atoms. The summed E-state index contributed by atoms with van der Waals surface area (Å²) in [5.41, 5.74) is 5.36. The Kier molecular flexibility index (Phi) is 4.12. The van der Waals surface area contributed by atoms with Crippen LogP contribution in [0.3, 0.4) is 0 Å². The minimum absolute atomic E-state index is 0.00687. The Morgan fingerprint density at radius 3 is 2.71 bits per heavy atom. The third-order valence-electron chi connectivity index (χ3n) is 2.31. The third kappa shape index (κ3) is 2.76. The van der Waals surface area contributed by atoms with Crippen molar-refractivity contribution in [1.29, 1.82) is 0 Å². The van der Waals surface area contributed by atoms with Crippen LogP contribution in [-0.2, 0) is 10.0 Å². The van der Waals surface area contributed by atoms with Gasteiger partial charge in [-0.3, -0.25) is 0 Å². The molecule has 0 radical (unpaired) electrons. The molecule has 0 aromatic carbocycles. The van der Waals surface area contributed by atoms with Crippen LogP contribution in [0.4, 0.5) is 4.39 Å². The lowest BCUT2D eigenvalue weighted by molar-refractivity contribution is 0.441. The summed E-state index contributed by atoms with van der Waals surface area (Å²) in [6.07, 6.45) is 1.20. The van der Waals surface area contributed by atoms with Crippen molar-refractivity contribution in [3.8, 4) is 0 Å². The van der Waals surface area contributed by atoms with Gasteiger partial charge >= 0.3 is 0 Å². The highest BCUT2D eigenvalue weighted by Crippen LogP contribution is 2.17. The number of sulfonamides is 1. The zero-order valence-electron chi connectivity index (χ0n) is 9.29. The molecule has 1 atom stereocenters. The van der Waals surface area contributed by atoms with Crippen molar-refractivity contribution < 1.29 is 12.8 Å². The van der Waals surface area contributed by atoms with E-state index in [2.05, 4.69) is 4.98 Å². The standard InChI is InChI=1S/C9H12FN3O2S2/c1-6(8(11)16)13(2)17(14,15)9-7(10)4-3-5-12-9/h3-6H,1-2H3,(H2,11,16). The van der Waals surface area contributed by atoms with E-state index in [0.29, 0.717) is 0 Å². The van der Waals surface area contributed by atoms with Crippen molar-refractivity contribution >= 4 is 27.2 Å². The molecule has 0 bridgehead atoms. The first-order valence-corrected chi connectivity index (χ1v) is 6.51. The minimum Gasteiger partial charge on any atom is -0.392 e. The fourth-order valence-electron chi connectivity index (χ4n) is 1.08. The Labute approximate surface area is 104 Å². The Balaban J connectivity index is 3.21. The van der Waals surface area contributed by atoms with Crippen LogP contribution in [0, 0.1) is 5.82 Å². The second-order valence-corrected chi connectivity index (χ2v) is 5.77. The summed E-state index contributed by atoms with van der Waals surface area (Å²) in [7, 11) is -2.76. The first-order chi connectivity index (χ1) is 7.78. The van der Waals surface area contributed by atoms with E-state index in [1.165, 1.54) is 26.2 Å². The van der Waals surface area contributed by atoms with E-state index in [9.17, 15) is 12.8 Å². The van der Waals surface area contributed by atoms with Crippen LogP contribution in [0.2, 0.25) is 0 Å². The number of nitrogens with two attached hydrogens (primary N) is 1. The number of nitrogens with zero attached hydrogens (tertiary/aromatic N) is 2. The van der Waals surface area contributed by atoms with Gasteiger partial charge in [0.15, 0.2) is 5.82 Å². The van der Waals surface area contributed by atoms with Gasteiger partial charge in [0, 0.05) is 13.2 Å². The summed E-state index contributed by atoms with van der Waals surface area (Å²) < 4.78 is 38.3. The summed E-state index contributed by atoms with van der Waals surface area (Å²) in [6, 6.07) is 1.63. The van der Waals surface area contributed by atoms with E-state index in [0.717, 1.165) is 10.4 Å². The summed E-state index contributed by atoms with van der Waals surface area (Å²) in [6.45, 7) is 1.51. The number of pyridine rings is 1. The second kappa shape index (κ2) is 5.03. The molecule has 8 heteroatoms. The van der Waals surface area contributed by atoms with Gasteiger partial charge in [-0.05, 0) is 19.1 Å². The summed E-state index contributed by atoms with van der Waals surface area (Å²) in [5.74, 6) is -0.908. The lowest BCUT2D eigenvalue weighted by Crippen LogP contribution is -2.43. The fraction of sp³-hybridized carbons (Fsp3) is 0.333. The van der Waals surface area contributed by atoms with Gasteiger partial charge in [0.05, 0.1) is 11.0 Å². The highest BCUT2D eigenvalue weighted by atomic mass is 32.2. The summed E-state index contributed by atoms with van der Waals surface area (Å²) >= 11 is 4.70. The lowest BCUT2D eigenvalue weighted by atomic mass is 10.3. The second-order valence-electron chi connectivity index (χ2n) is 3.39. The lowest BCUT2D eigenvalue weighted by Gasteiger charge is -2.22. The van der Waals surface area contributed by atoms with Crippen LogP contribution in [0.5, 0.6) is 0 Å². The largest absolute Gasteiger partial charge is 0.392 e. The maximum atomic E-state index is 13.4. The Hall–Kier alpha value is -1.12. The molecule has 1 heterocycles. The van der Waals surface area contributed by atoms with Gasteiger partial charge in [-0.15, -0.1) is 0 Å². The van der Waals surface area contributed by atoms with Crippen LogP contribution in [0.1, 0.15) is 6.92 Å². The molecule has 0 aliphatic carbocycles. The highest BCUT2D eigenvalue weighted by Gasteiger charge is 2.30. The maximum absolute atomic E-state index is 13.4. The maximum Gasteiger partial charge on any atom is 0.263 e. The molecule has 94 valence electrons. The normalized spacial score (nSPS) is 13.6. The molecule has 0 amide bonds. The van der Waals surface area contributed by atoms with Crippen molar-refractivity contribution in [3.63, 3.8) is 0 Å². The molecule has 5 nitrogen and oxygen atoms in total. The first kappa shape index (κ1) is 13.9. The number of likely N-dealkylation sites (N-methyl/N-ethyl adjacent to an activating group) is 1. The van der Waals surface area contributed by atoms with E-state index >= 15 is 0 Å². The van der Waals surface area contributed by atoms with E-state index in [-0.39, 0.29) is 4.99 Å². The molecule has 0 saturated carbocycles. The quantitative estimate of drug-likeness (QED) is 0.812. The van der Waals surface area contributed by atoms with E-state index in [1.807, 2.05) is 0 Å². The van der Waals surface area contributed by atoms with Crippen LogP contribution in [0.25, 0.3) is 0 Å². The van der Waals surface area contributed by atoms with Gasteiger partial charge in [0.2, 0.25) is 5.03 Å². The predicted octanol–water partition coefficient (Wildman–Crippen LogP) is 0.516. The highest BCUT2D eigenvalue weighted by molar-refractivity contribution is 7.89. The molecule has 2 N–H and O–H groups in total. The predicted molar refractivity (Wildman–Crippen MR) is 65.4 cm³/mol. The Morgan fingerprint density at radius 2 is 2.24 bits per heavy atom. The van der Waals surface area contributed by atoms with Crippen molar-refractivity contribution in [2.45, 2.75) is 18.0 Å². The van der Waals surface area contributed by atoms with Gasteiger partial charge in [0.1, 0.15) is 0 Å². The van der Waals surface area contributed by atoms with Crippen LogP contribution in [-0.4, -0.2) is 35.8 Å². The molecular weight excluding hydrogens is 265 g/mol. The fourth-order valence-corrected chi connectivity index (χ4v) is 2.62. The van der Waals surface area contributed by atoms with Crippen molar-refractivity contribution in [2.75, 3.05) is 7.05 Å². The van der Waals surface area contributed by atoms with Crippen LogP contribution >= 0.6 is 12.2 Å². The molecule has 1 rings (SSSR count). The number of rotatable bonds is 4. The van der Waals surface area contributed by atoms with Crippen molar-refractivity contribution in [3.05, 3.63) is 24.1 Å². The van der Waals surface area contributed by atoms with E-state index in [4.69, 9.17) is 18.0 Å². The molecule has 0 spiro atoms. The monoisotopic (exact) mass is 277 g/mol. The first-order valence-electron chi connectivity index (χ1n) is 4.66. The van der Waals surface area contributed by atoms with Crippen molar-refractivity contribution in [2.24, 2.45) is 5.73 Å². The number of aromatic nitrogens is 1. The average Bonchev–Trinajstić information content (AvgIpc) is 2.27. The number of thiocarbonyl (C=S) groups is 1. The molecule has 1 aromatic rings. The Bertz CT molecular complexity index is 533. The smallest absolute Gasteiger partial charge is 0.263 e. The molecule has 0 fully saturated rings. The molecule has 0 saturated heterocycles. The van der Waals surface area contributed by atoms with Gasteiger partial charge in [-0.1, -0.05) is 12.2 Å². The summed E-state index contributed by atoms with van der Waals surface area (Å²) in [5, 5.41) is -0.634. The van der Waals surface area contributed by atoms with E-state index in [1.54, 1.807) is 0 Å². The third-order valence-corrected chi connectivity index (χ3v) is 4.51. The molecule has 0 aliphatic rings. The Morgan fingerprint density at radius 1 is 1.65 bits per heavy atom. The van der Waals surface area contributed by atoms with Gasteiger partial charge < -0.3 is 5.73 Å². The molecule has 0 aliphatic heterocycles. The average molecular weight is 277 g/mol. The molecular formula is C9H12FN3O2S2. The zero-order valence-corrected chi connectivity index (χ0v) is 10.9. The van der Waals surface area contributed by atoms with E-state index < -0.39 is 26.9 Å². The van der Waals surface area contributed by atoms with Crippen molar-refractivity contribution in [1.82, 2.24) is 9.29 Å². The minimum atomic E-state index is -4.03. The van der Waals surface area contributed by atoms with Crippen LogP contribution in [0.15, 0.2) is 23.4 Å².